The van der Waals surface area contributed by atoms with Crippen LogP contribution in [-0.4, -0.2) is 30.5 Å². The number of amides is 1. The van der Waals surface area contributed by atoms with Crippen molar-refractivity contribution in [3.63, 3.8) is 0 Å². The van der Waals surface area contributed by atoms with Crippen molar-refractivity contribution in [1.29, 1.82) is 0 Å². The standard InChI is InChI=1S/C24H22FN5O2S/c25-19-4-1-3-16(15-19)13-14-33(32)29-20-11-9-17(10-12-20)21-5-2-6-22-26-24(28-30(21)22)27-23(31)18-7-8-18/h1-6,9-12,15,18,29H,7-8,13-14H2,(H,27,28,31). The van der Waals surface area contributed by atoms with E-state index in [4.69, 9.17) is 0 Å². The van der Waals surface area contributed by atoms with Gasteiger partial charge in [0.05, 0.1) is 5.69 Å². The monoisotopic (exact) mass is 463 g/mol. The zero-order chi connectivity index (χ0) is 22.8. The van der Waals surface area contributed by atoms with Crippen molar-refractivity contribution in [3.8, 4) is 11.3 Å². The van der Waals surface area contributed by atoms with Crippen molar-refractivity contribution in [2.24, 2.45) is 5.92 Å². The van der Waals surface area contributed by atoms with Crippen molar-refractivity contribution in [1.82, 2.24) is 14.6 Å². The first-order valence-corrected chi connectivity index (χ1v) is 12.0. The third kappa shape index (κ3) is 5.09. The quantitative estimate of drug-likeness (QED) is 0.410. The number of fused-ring (bicyclic) bond motifs is 1. The highest BCUT2D eigenvalue weighted by atomic mass is 32.2. The molecular formula is C24H22FN5O2S. The molecule has 1 aliphatic carbocycles. The van der Waals surface area contributed by atoms with Gasteiger partial charge in [-0.15, -0.1) is 5.10 Å². The Hall–Kier alpha value is -3.59. The van der Waals surface area contributed by atoms with Gasteiger partial charge in [0, 0.05) is 22.9 Å². The highest BCUT2D eigenvalue weighted by Crippen LogP contribution is 2.30. The van der Waals surface area contributed by atoms with Gasteiger partial charge in [-0.3, -0.25) is 10.1 Å². The zero-order valence-corrected chi connectivity index (χ0v) is 18.5. The highest BCUT2D eigenvalue weighted by Gasteiger charge is 2.30. The van der Waals surface area contributed by atoms with Crippen LogP contribution in [-0.2, 0) is 22.2 Å². The molecule has 33 heavy (non-hydrogen) atoms. The Morgan fingerprint density at radius 3 is 2.64 bits per heavy atom. The molecular weight excluding hydrogens is 441 g/mol. The van der Waals surface area contributed by atoms with Crippen LogP contribution in [0.25, 0.3) is 16.9 Å². The van der Waals surface area contributed by atoms with Gasteiger partial charge < -0.3 is 4.72 Å². The molecule has 0 bridgehead atoms. The number of hydrogen-bond acceptors (Lipinski definition) is 4. The maximum atomic E-state index is 13.3. The van der Waals surface area contributed by atoms with Crippen LogP contribution in [0.1, 0.15) is 18.4 Å². The van der Waals surface area contributed by atoms with Crippen LogP contribution in [0.15, 0.2) is 66.7 Å². The molecule has 1 saturated carbocycles. The first kappa shape index (κ1) is 21.3. The lowest BCUT2D eigenvalue weighted by Crippen LogP contribution is -2.14. The summed E-state index contributed by atoms with van der Waals surface area (Å²) in [6.45, 7) is 0. The molecule has 0 saturated heterocycles. The lowest BCUT2D eigenvalue weighted by molar-refractivity contribution is -0.117. The predicted octanol–water partition coefficient (Wildman–Crippen LogP) is 4.20. The van der Waals surface area contributed by atoms with Gasteiger partial charge in [0.25, 0.3) is 0 Å². The second-order valence-corrected chi connectivity index (χ2v) is 9.29. The molecule has 7 nitrogen and oxygen atoms in total. The van der Waals surface area contributed by atoms with Crippen LogP contribution in [0, 0.1) is 11.7 Å². The Kier molecular flexibility index (Phi) is 5.87. The molecule has 0 spiro atoms. The van der Waals surface area contributed by atoms with Crippen molar-refractivity contribution < 1.29 is 13.4 Å². The third-order valence-electron chi connectivity index (χ3n) is 5.42. The van der Waals surface area contributed by atoms with E-state index >= 15 is 0 Å². The Morgan fingerprint density at radius 2 is 1.88 bits per heavy atom. The second kappa shape index (κ2) is 9.11. The summed E-state index contributed by atoms with van der Waals surface area (Å²) in [6.07, 6.45) is 2.35. The van der Waals surface area contributed by atoms with Gasteiger partial charge in [0.1, 0.15) is 16.8 Å². The first-order valence-electron chi connectivity index (χ1n) is 10.7. The van der Waals surface area contributed by atoms with Crippen molar-refractivity contribution in [2.75, 3.05) is 15.8 Å². The van der Waals surface area contributed by atoms with Crippen molar-refractivity contribution in [2.45, 2.75) is 19.3 Å². The molecule has 5 rings (SSSR count). The van der Waals surface area contributed by atoms with Crippen LogP contribution >= 0.6 is 0 Å². The molecule has 1 unspecified atom stereocenters. The number of hydrogen-bond donors (Lipinski definition) is 2. The Morgan fingerprint density at radius 1 is 1.09 bits per heavy atom. The Balaban J connectivity index is 1.26. The van der Waals surface area contributed by atoms with Crippen molar-refractivity contribution in [3.05, 3.63) is 78.1 Å². The van der Waals surface area contributed by atoms with Gasteiger partial charge in [-0.25, -0.2) is 13.1 Å². The van der Waals surface area contributed by atoms with Gasteiger partial charge >= 0.3 is 0 Å². The molecule has 2 N–H and O–H groups in total. The van der Waals surface area contributed by atoms with Crippen LogP contribution in [0.2, 0.25) is 0 Å². The molecule has 1 amide bonds. The summed E-state index contributed by atoms with van der Waals surface area (Å²) in [5.74, 6) is 0.426. The molecule has 0 radical (unpaired) electrons. The first-order chi connectivity index (χ1) is 16.0. The molecule has 1 fully saturated rings. The van der Waals surface area contributed by atoms with E-state index in [1.165, 1.54) is 12.1 Å². The van der Waals surface area contributed by atoms with E-state index < -0.39 is 11.0 Å². The lowest BCUT2D eigenvalue weighted by atomic mass is 10.1. The van der Waals surface area contributed by atoms with Crippen LogP contribution in [0.5, 0.6) is 0 Å². The van der Waals surface area contributed by atoms with E-state index in [1.54, 1.807) is 10.6 Å². The fourth-order valence-electron chi connectivity index (χ4n) is 3.53. The normalized spacial score (nSPS) is 14.2. The van der Waals surface area contributed by atoms with E-state index in [0.717, 1.165) is 35.3 Å². The molecule has 1 aliphatic rings. The minimum Gasteiger partial charge on any atom is -0.305 e. The molecule has 168 valence electrons. The van der Waals surface area contributed by atoms with Gasteiger partial charge in [0.15, 0.2) is 5.65 Å². The fourth-order valence-corrected chi connectivity index (χ4v) is 4.45. The summed E-state index contributed by atoms with van der Waals surface area (Å²) >= 11 is 0. The summed E-state index contributed by atoms with van der Waals surface area (Å²) in [5.41, 5.74) is 3.90. The molecule has 0 aliphatic heterocycles. The predicted molar refractivity (Wildman–Crippen MR) is 127 cm³/mol. The van der Waals surface area contributed by atoms with Gasteiger partial charge in [-0.2, -0.15) is 4.98 Å². The smallest absolute Gasteiger partial charge is 0.249 e. The topological polar surface area (TPSA) is 88.4 Å². The van der Waals surface area contributed by atoms with Gasteiger partial charge in [-0.1, -0.05) is 30.3 Å². The van der Waals surface area contributed by atoms with Crippen LogP contribution in [0.3, 0.4) is 0 Å². The number of anilines is 2. The number of nitrogens with zero attached hydrogens (tertiary/aromatic N) is 3. The van der Waals surface area contributed by atoms with Gasteiger partial charge in [0.2, 0.25) is 11.9 Å². The third-order valence-corrected chi connectivity index (χ3v) is 6.46. The van der Waals surface area contributed by atoms with E-state index in [1.807, 2.05) is 48.5 Å². The number of aromatic nitrogens is 3. The summed E-state index contributed by atoms with van der Waals surface area (Å²) in [4.78, 5) is 16.4. The van der Waals surface area contributed by atoms with E-state index in [0.29, 0.717) is 23.8 Å². The summed E-state index contributed by atoms with van der Waals surface area (Å²) in [5, 5.41) is 7.23. The summed E-state index contributed by atoms with van der Waals surface area (Å²) in [6, 6.07) is 19.5. The largest absolute Gasteiger partial charge is 0.305 e. The maximum absolute atomic E-state index is 13.3. The number of rotatable bonds is 8. The average molecular weight is 464 g/mol. The molecule has 4 aromatic rings. The minimum atomic E-state index is -1.29. The van der Waals surface area contributed by atoms with E-state index in [2.05, 4.69) is 20.1 Å². The number of nitrogens with one attached hydrogen (secondary N) is 2. The molecule has 9 heteroatoms. The number of carbonyl (C=O) groups is 1. The second-order valence-electron chi connectivity index (χ2n) is 7.99. The van der Waals surface area contributed by atoms with Crippen LogP contribution in [0.4, 0.5) is 16.0 Å². The Labute approximate surface area is 192 Å². The van der Waals surface area contributed by atoms with E-state index in [-0.39, 0.29) is 17.6 Å². The van der Waals surface area contributed by atoms with E-state index in [9.17, 15) is 13.4 Å². The van der Waals surface area contributed by atoms with Crippen LogP contribution < -0.4 is 10.0 Å². The van der Waals surface area contributed by atoms with Gasteiger partial charge in [-0.05, 0) is 61.2 Å². The number of carbonyl (C=O) groups excluding carboxylic acids is 1. The zero-order valence-electron chi connectivity index (χ0n) is 17.7. The summed E-state index contributed by atoms with van der Waals surface area (Å²) < 4.78 is 30.4. The number of benzene rings is 2. The summed E-state index contributed by atoms with van der Waals surface area (Å²) in [7, 11) is -1.29. The van der Waals surface area contributed by atoms with Crippen molar-refractivity contribution >= 4 is 34.2 Å². The number of halogens is 1. The number of pyridine rings is 1. The molecule has 1 atom stereocenters. The Bertz CT molecular complexity index is 1330. The molecule has 2 aromatic carbocycles. The maximum Gasteiger partial charge on any atom is 0.249 e. The number of aryl methyl sites for hydroxylation is 1. The fraction of sp³-hybridized carbons (Fsp3) is 0.208. The molecule has 2 heterocycles. The lowest BCUT2D eigenvalue weighted by Gasteiger charge is -2.08. The highest BCUT2D eigenvalue weighted by molar-refractivity contribution is 7.86. The SMILES string of the molecule is O=C(Nc1nc2cccc(-c3ccc(NS(=O)CCc4cccc(F)c4)cc3)n2n1)C1CC1. The molecule has 2 aromatic heterocycles. The average Bonchev–Trinajstić information content (AvgIpc) is 3.58. The minimum absolute atomic E-state index is 0.0340.